The van der Waals surface area contributed by atoms with Crippen molar-refractivity contribution < 1.29 is 9.21 Å². The average molecular weight is 414 g/mol. The summed E-state index contributed by atoms with van der Waals surface area (Å²) in [5.74, 6) is 0.964. The van der Waals surface area contributed by atoms with Crippen molar-refractivity contribution in [1.82, 2.24) is 0 Å². The third-order valence-corrected chi connectivity index (χ3v) is 5.80. The highest BCUT2D eigenvalue weighted by atomic mass is 35.5. The van der Waals surface area contributed by atoms with Crippen molar-refractivity contribution in [1.29, 1.82) is 0 Å². The number of hydrogen-bond donors (Lipinski definition) is 0. The first-order valence-electron chi connectivity index (χ1n) is 8.14. The van der Waals surface area contributed by atoms with Crippen LogP contribution in [-0.4, -0.2) is 11.0 Å². The van der Waals surface area contributed by atoms with Crippen molar-refractivity contribution in [2.45, 2.75) is 6.92 Å². The summed E-state index contributed by atoms with van der Waals surface area (Å²) in [5, 5.41) is 1.65. The monoisotopic (exact) mass is 413 g/mol. The Bertz CT molecular complexity index is 1100. The fraction of sp³-hybridized carbons (Fsp3) is 0.0476. The summed E-state index contributed by atoms with van der Waals surface area (Å²) >= 11 is 13.4. The Hall–Kier alpha value is -2.27. The van der Waals surface area contributed by atoms with E-state index in [9.17, 15) is 4.79 Å². The Kier molecular flexibility index (Phi) is 4.96. The number of carbonyl (C=O) groups is 1. The first-order chi connectivity index (χ1) is 13.0. The van der Waals surface area contributed by atoms with Crippen LogP contribution in [0.25, 0.3) is 17.4 Å². The number of thioether (sulfide) groups is 1. The predicted octanol–water partition coefficient (Wildman–Crippen LogP) is 6.62. The molecule has 2 heterocycles. The van der Waals surface area contributed by atoms with Crippen molar-refractivity contribution in [3.05, 3.63) is 86.4 Å². The van der Waals surface area contributed by atoms with Gasteiger partial charge in [0.25, 0.3) is 5.91 Å². The first kappa shape index (κ1) is 18.1. The summed E-state index contributed by atoms with van der Waals surface area (Å²) in [5.41, 5.74) is 2.91. The molecule has 0 N–H and O–H groups in total. The van der Waals surface area contributed by atoms with Gasteiger partial charge in [0.1, 0.15) is 16.6 Å². The largest absolute Gasteiger partial charge is 0.457 e. The first-order valence-corrected chi connectivity index (χ1v) is 9.72. The topological polar surface area (TPSA) is 42.6 Å². The van der Waals surface area contributed by atoms with Gasteiger partial charge < -0.3 is 4.42 Å². The van der Waals surface area contributed by atoms with Crippen LogP contribution in [0.15, 0.2) is 68.9 Å². The van der Waals surface area contributed by atoms with Crippen LogP contribution >= 0.6 is 35.0 Å². The highest BCUT2D eigenvalue weighted by molar-refractivity contribution is 8.19. The minimum atomic E-state index is -0.261. The molecule has 0 saturated heterocycles. The van der Waals surface area contributed by atoms with Gasteiger partial charge in [-0.05, 0) is 37.3 Å². The van der Waals surface area contributed by atoms with Crippen LogP contribution < -0.4 is 0 Å². The van der Waals surface area contributed by atoms with Crippen LogP contribution in [0.5, 0.6) is 0 Å². The molecule has 0 saturated carbocycles. The Balaban J connectivity index is 1.56. The van der Waals surface area contributed by atoms with E-state index in [1.807, 2.05) is 49.4 Å². The fourth-order valence-electron chi connectivity index (χ4n) is 2.59. The lowest BCUT2D eigenvalue weighted by Crippen LogP contribution is -1.90. The van der Waals surface area contributed by atoms with Crippen molar-refractivity contribution >= 4 is 52.0 Å². The molecule has 1 aromatic heterocycles. The second-order valence-corrected chi connectivity index (χ2v) is 7.87. The predicted molar refractivity (Wildman–Crippen MR) is 112 cm³/mol. The van der Waals surface area contributed by atoms with Crippen molar-refractivity contribution in [2.24, 2.45) is 4.99 Å². The molecule has 0 atom stereocenters. The quantitative estimate of drug-likeness (QED) is 0.452. The van der Waals surface area contributed by atoms with Gasteiger partial charge in [0, 0.05) is 17.2 Å². The minimum Gasteiger partial charge on any atom is -0.457 e. The number of halogens is 2. The molecule has 27 heavy (non-hydrogen) atoms. The van der Waals surface area contributed by atoms with E-state index in [-0.39, 0.29) is 5.91 Å². The Morgan fingerprint density at radius 1 is 0.963 bits per heavy atom. The van der Waals surface area contributed by atoms with E-state index in [4.69, 9.17) is 27.6 Å². The van der Waals surface area contributed by atoms with Gasteiger partial charge in [-0.15, -0.1) is 0 Å². The standard InChI is InChI=1S/C21H13Cl2NO2S/c1-12-2-4-13(5-3-12)21-24-20(25)19(27-21)11-15-7-9-18(26-15)14-6-8-16(22)17(23)10-14/h2-11H,1H3. The molecule has 0 radical (unpaired) electrons. The van der Waals surface area contributed by atoms with Gasteiger partial charge in [-0.2, -0.15) is 0 Å². The normalized spacial score (nSPS) is 15.4. The summed E-state index contributed by atoms with van der Waals surface area (Å²) in [6, 6.07) is 16.9. The molecule has 0 aliphatic carbocycles. The van der Waals surface area contributed by atoms with Gasteiger partial charge in [0.15, 0.2) is 0 Å². The second kappa shape index (κ2) is 7.39. The van der Waals surface area contributed by atoms with Gasteiger partial charge >= 0.3 is 0 Å². The number of aliphatic imine (C=N–C) groups is 1. The second-order valence-electron chi connectivity index (χ2n) is 6.03. The van der Waals surface area contributed by atoms with Crippen LogP contribution in [-0.2, 0) is 4.79 Å². The third-order valence-electron chi connectivity index (χ3n) is 4.02. The van der Waals surface area contributed by atoms with E-state index in [1.54, 1.807) is 18.2 Å². The lowest BCUT2D eigenvalue weighted by molar-refractivity contribution is -0.113. The van der Waals surface area contributed by atoms with Crippen LogP contribution in [0.3, 0.4) is 0 Å². The molecule has 1 aliphatic rings. The van der Waals surface area contributed by atoms with E-state index in [1.165, 1.54) is 11.8 Å². The number of hydrogen-bond acceptors (Lipinski definition) is 3. The molecule has 0 spiro atoms. The van der Waals surface area contributed by atoms with E-state index < -0.39 is 0 Å². The van der Waals surface area contributed by atoms with Crippen molar-refractivity contribution in [3.8, 4) is 11.3 Å². The minimum absolute atomic E-state index is 0.261. The number of furan rings is 1. The van der Waals surface area contributed by atoms with Gasteiger partial charge in [0.05, 0.1) is 15.0 Å². The van der Waals surface area contributed by atoms with Crippen LogP contribution in [0.1, 0.15) is 16.9 Å². The molecular formula is C21H13Cl2NO2S. The molecule has 1 aliphatic heterocycles. The zero-order valence-corrected chi connectivity index (χ0v) is 16.5. The van der Waals surface area contributed by atoms with Gasteiger partial charge in [-0.25, -0.2) is 4.99 Å². The molecule has 1 amide bonds. The molecule has 134 valence electrons. The van der Waals surface area contributed by atoms with E-state index in [0.29, 0.717) is 31.5 Å². The molecule has 0 fully saturated rings. The molecule has 0 bridgehead atoms. The van der Waals surface area contributed by atoms with Crippen molar-refractivity contribution in [3.63, 3.8) is 0 Å². The number of amides is 1. The fourth-order valence-corrected chi connectivity index (χ4v) is 3.79. The van der Waals surface area contributed by atoms with Crippen molar-refractivity contribution in [2.75, 3.05) is 0 Å². The molecule has 2 aromatic carbocycles. The number of nitrogens with zero attached hydrogens (tertiary/aromatic N) is 1. The number of benzene rings is 2. The lowest BCUT2D eigenvalue weighted by Gasteiger charge is -2.00. The molecule has 6 heteroatoms. The van der Waals surface area contributed by atoms with Gasteiger partial charge in [-0.1, -0.05) is 64.8 Å². The van der Waals surface area contributed by atoms with E-state index in [2.05, 4.69) is 4.99 Å². The summed E-state index contributed by atoms with van der Waals surface area (Å²) in [4.78, 5) is 16.9. The van der Waals surface area contributed by atoms with E-state index >= 15 is 0 Å². The maximum atomic E-state index is 12.2. The summed E-state index contributed by atoms with van der Waals surface area (Å²) in [7, 11) is 0. The Morgan fingerprint density at radius 2 is 1.70 bits per heavy atom. The average Bonchev–Trinajstić information content (AvgIpc) is 3.26. The zero-order chi connectivity index (χ0) is 19.0. The molecule has 4 rings (SSSR count). The number of aryl methyl sites for hydroxylation is 1. The lowest BCUT2D eigenvalue weighted by atomic mass is 10.2. The summed E-state index contributed by atoms with van der Waals surface area (Å²) in [6.07, 6.45) is 1.71. The summed E-state index contributed by atoms with van der Waals surface area (Å²) in [6.45, 7) is 2.02. The van der Waals surface area contributed by atoms with Crippen LogP contribution in [0.2, 0.25) is 10.0 Å². The van der Waals surface area contributed by atoms with E-state index in [0.717, 1.165) is 16.7 Å². The maximum Gasteiger partial charge on any atom is 0.285 e. The maximum absolute atomic E-state index is 12.2. The molecular weight excluding hydrogens is 401 g/mol. The number of rotatable bonds is 3. The highest BCUT2D eigenvalue weighted by Gasteiger charge is 2.23. The Labute approximate surface area is 170 Å². The highest BCUT2D eigenvalue weighted by Crippen LogP contribution is 2.34. The molecule has 0 unspecified atom stereocenters. The van der Waals surface area contributed by atoms with Crippen LogP contribution in [0, 0.1) is 6.92 Å². The third kappa shape index (κ3) is 3.88. The molecule has 3 aromatic rings. The zero-order valence-electron chi connectivity index (χ0n) is 14.2. The Morgan fingerprint density at radius 3 is 2.44 bits per heavy atom. The summed E-state index contributed by atoms with van der Waals surface area (Å²) < 4.78 is 5.84. The van der Waals surface area contributed by atoms with Gasteiger partial charge in [0.2, 0.25) is 0 Å². The SMILES string of the molecule is Cc1ccc(C2=NC(=O)C(=Cc3ccc(-c4ccc(Cl)c(Cl)c4)o3)S2)cc1. The smallest absolute Gasteiger partial charge is 0.285 e. The molecule has 3 nitrogen and oxygen atoms in total. The number of carbonyl (C=O) groups excluding carboxylic acids is 1. The van der Waals surface area contributed by atoms with Gasteiger partial charge in [-0.3, -0.25) is 4.79 Å². The van der Waals surface area contributed by atoms with Crippen LogP contribution in [0.4, 0.5) is 0 Å².